The predicted molar refractivity (Wildman–Crippen MR) is 130 cm³/mol. The fraction of sp³-hybridized carbons (Fsp3) is 0.320. The molecule has 1 aliphatic rings. The zero-order valence-corrected chi connectivity index (χ0v) is 19.6. The smallest absolute Gasteiger partial charge is 0.337 e. The first-order valence-corrected chi connectivity index (χ1v) is 10.7. The van der Waals surface area contributed by atoms with Gasteiger partial charge in [-0.15, -0.1) is 0 Å². The molecule has 174 valence electrons. The summed E-state index contributed by atoms with van der Waals surface area (Å²) in [6, 6.07) is 12.4. The van der Waals surface area contributed by atoms with E-state index in [2.05, 4.69) is 10.6 Å². The number of nitrogens with one attached hydrogen (secondary N) is 2. The Kier molecular flexibility index (Phi) is 6.88. The molecule has 2 aromatic carbocycles. The largest absolute Gasteiger partial charge is 0.465 e. The Labute approximate surface area is 193 Å². The summed E-state index contributed by atoms with van der Waals surface area (Å²) < 4.78 is 4.74. The minimum absolute atomic E-state index is 0.0520. The van der Waals surface area contributed by atoms with Crippen molar-refractivity contribution in [3.8, 4) is 0 Å². The van der Waals surface area contributed by atoms with Crippen molar-refractivity contribution in [3.05, 3.63) is 59.3 Å². The topological polar surface area (TPSA) is 114 Å². The molecule has 0 aromatic heterocycles. The number of benzene rings is 2. The maximum atomic E-state index is 12.6. The van der Waals surface area contributed by atoms with Crippen LogP contribution in [0.25, 0.3) is 5.57 Å². The second-order valence-electron chi connectivity index (χ2n) is 8.79. The van der Waals surface area contributed by atoms with Gasteiger partial charge in [-0.2, -0.15) is 0 Å². The average Bonchev–Trinajstić information content (AvgIpc) is 3.08. The number of esters is 1. The molecule has 0 saturated carbocycles. The van der Waals surface area contributed by atoms with E-state index in [-0.39, 0.29) is 17.4 Å². The number of nitrogens with two attached hydrogens (primary N) is 1. The van der Waals surface area contributed by atoms with Crippen molar-refractivity contribution in [1.29, 1.82) is 0 Å². The number of carbonyl (C=O) groups excluding carboxylic acids is 3. The highest BCUT2D eigenvalue weighted by atomic mass is 16.5. The van der Waals surface area contributed by atoms with Gasteiger partial charge in [0.05, 0.1) is 23.9 Å². The van der Waals surface area contributed by atoms with Crippen molar-refractivity contribution in [1.82, 2.24) is 0 Å². The lowest BCUT2D eigenvalue weighted by Gasteiger charge is -2.26. The van der Waals surface area contributed by atoms with Gasteiger partial charge in [-0.3, -0.25) is 9.59 Å². The molecule has 0 aliphatic carbocycles. The molecular weight excluding hydrogens is 420 g/mol. The van der Waals surface area contributed by atoms with Gasteiger partial charge in [0.15, 0.2) is 0 Å². The van der Waals surface area contributed by atoms with E-state index in [4.69, 9.17) is 10.5 Å². The monoisotopic (exact) mass is 450 g/mol. The van der Waals surface area contributed by atoms with E-state index in [1.165, 1.54) is 14.0 Å². The van der Waals surface area contributed by atoms with Gasteiger partial charge >= 0.3 is 5.97 Å². The molecule has 0 unspecified atom stereocenters. The fourth-order valence-electron chi connectivity index (χ4n) is 3.66. The third-order valence-electron chi connectivity index (χ3n) is 5.43. The summed E-state index contributed by atoms with van der Waals surface area (Å²) in [6.07, 6.45) is 0.671. The zero-order chi connectivity index (χ0) is 24.3. The molecule has 0 radical (unpaired) electrons. The lowest BCUT2D eigenvalue weighted by atomic mass is 10.0. The normalized spacial score (nSPS) is 14.3. The Balaban J connectivity index is 1.81. The molecule has 3 rings (SSSR count). The van der Waals surface area contributed by atoms with Gasteiger partial charge in [-0.25, -0.2) is 4.79 Å². The molecule has 2 amide bonds. The Morgan fingerprint density at radius 3 is 2.36 bits per heavy atom. The number of nitrogens with zero attached hydrogens (tertiary/aromatic N) is 1. The van der Waals surface area contributed by atoms with E-state index in [0.29, 0.717) is 41.1 Å². The first kappa shape index (κ1) is 24.0. The summed E-state index contributed by atoms with van der Waals surface area (Å²) >= 11 is 0. The highest BCUT2D eigenvalue weighted by molar-refractivity contribution is 6.32. The quantitative estimate of drug-likeness (QED) is 0.437. The Bertz CT molecular complexity index is 1110. The number of amides is 2. The lowest BCUT2D eigenvalue weighted by Crippen LogP contribution is -2.39. The zero-order valence-electron chi connectivity index (χ0n) is 19.6. The van der Waals surface area contributed by atoms with E-state index in [0.717, 1.165) is 11.4 Å². The van der Waals surface area contributed by atoms with Gasteiger partial charge in [0.2, 0.25) is 5.91 Å². The van der Waals surface area contributed by atoms with E-state index in [9.17, 15) is 14.4 Å². The third kappa shape index (κ3) is 5.59. The number of hydrogen-bond donors (Lipinski definition) is 3. The van der Waals surface area contributed by atoms with Crippen LogP contribution in [0.4, 0.5) is 17.1 Å². The van der Waals surface area contributed by atoms with Crippen LogP contribution < -0.4 is 21.3 Å². The number of hydrogen-bond acceptors (Lipinski definition) is 6. The van der Waals surface area contributed by atoms with Gasteiger partial charge in [-0.1, -0.05) is 6.07 Å². The molecule has 4 N–H and O–H groups in total. The molecular formula is C25H30N4O4. The van der Waals surface area contributed by atoms with Gasteiger partial charge in [0.1, 0.15) is 0 Å². The van der Waals surface area contributed by atoms with Crippen LogP contribution in [-0.4, -0.2) is 37.0 Å². The SMILES string of the molecule is COC(=O)c1ccc2c(c1)NC(=O)C2=C(C)Nc1ccc(N(CCC(C)(C)N)C(C)=O)cc1. The molecule has 33 heavy (non-hydrogen) atoms. The average molecular weight is 451 g/mol. The van der Waals surface area contributed by atoms with Crippen LogP contribution in [0.3, 0.4) is 0 Å². The molecule has 1 aliphatic heterocycles. The van der Waals surface area contributed by atoms with Crippen LogP contribution in [0.5, 0.6) is 0 Å². The van der Waals surface area contributed by atoms with Crippen LogP contribution in [0.2, 0.25) is 0 Å². The number of anilines is 3. The molecule has 0 spiro atoms. The maximum Gasteiger partial charge on any atom is 0.337 e. The van der Waals surface area contributed by atoms with Gasteiger partial charge in [-0.05, 0) is 63.6 Å². The summed E-state index contributed by atoms with van der Waals surface area (Å²) in [7, 11) is 1.31. The van der Waals surface area contributed by atoms with Gasteiger partial charge < -0.3 is 26.0 Å². The summed E-state index contributed by atoms with van der Waals surface area (Å²) in [6.45, 7) is 7.74. The number of carbonyl (C=O) groups is 3. The Hall–Kier alpha value is -3.65. The predicted octanol–water partition coefficient (Wildman–Crippen LogP) is 3.75. The molecule has 8 nitrogen and oxygen atoms in total. The van der Waals surface area contributed by atoms with Crippen molar-refractivity contribution in [3.63, 3.8) is 0 Å². The van der Waals surface area contributed by atoms with Crippen molar-refractivity contribution >= 4 is 40.4 Å². The standard InChI is InChI=1S/C25H30N4O4/c1-15(22-20-11-6-17(24(32)33-5)14-21(20)28-23(22)31)27-18-7-9-19(10-8-18)29(16(2)30)13-12-25(3,4)26/h6-11,14,27H,12-13,26H2,1-5H3,(H,28,31). The molecule has 0 atom stereocenters. The van der Waals surface area contributed by atoms with Crippen LogP contribution in [0.1, 0.15) is 50.0 Å². The highest BCUT2D eigenvalue weighted by Gasteiger charge is 2.27. The van der Waals surface area contributed by atoms with Crippen molar-refractivity contribution in [2.75, 3.05) is 29.2 Å². The van der Waals surface area contributed by atoms with E-state index in [1.807, 2.05) is 45.0 Å². The minimum atomic E-state index is -0.464. The highest BCUT2D eigenvalue weighted by Crippen LogP contribution is 2.35. The summed E-state index contributed by atoms with van der Waals surface area (Å²) in [5, 5.41) is 6.06. The second-order valence-corrected chi connectivity index (χ2v) is 8.79. The number of methoxy groups -OCH3 is 1. The molecule has 0 bridgehead atoms. The molecule has 0 saturated heterocycles. The third-order valence-corrected chi connectivity index (χ3v) is 5.43. The molecule has 8 heteroatoms. The second kappa shape index (κ2) is 9.46. The van der Waals surface area contributed by atoms with Crippen molar-refractivity contribution in [2.24, 2.45) is 5.73 Å². The fourth-order valence-corrected chi connectivity index (χ4v) is 3.66. The number of rotatable bonds is 7. The van der Waals surface area contributed by atoms with Crippen LogP contribution in [0.15, 0.2) is 48.2 Å². The van der Waals surface area contributed by atoms with Crippen molar-refractivity contribution in [2.45, 2.75) is 39.7 Å². The lowest BCUT2D eigenvalue weighted by molar-refractivity contribution is -0.116. The number of fused-ring (bicyclic) bond motifs is 1. The molecule has 2 aromatic rings. The van der Waals surface area contributed by atoms with E-state index in [1.54, 1.807) is 23.1 Å². The van der Waals surface area contributed by atoms with Crippen LogP contribution >= 0.6 is 0 Å². The maximum absolute atomic E-state index is 12.6. The summed E-state index contributed by atoms with van der Waals surface area (Å²) in [5.74, 6) is -0.765. The molecule has 1 heterocycles. The van der Waals surface area contributed by atoms with E-state index >= 15 is 0 Å². The Morgan fingerprint density at radius 2 is 1.79 bits per heavy atom. The summed E-state index contributed by atoms with van der Waals surface area (Å²) in [5.41, 5.74) is 10.1. The van der Waals surface area contributed by atoms with E-state index < -0.39 is 5.97 Å². The first-order chi connectivity index (χ1) is 15.5. The number of allylic oxidation sites excluding steroid dienone is 1. The Morgan fingerprint density at radius 1 is 1.12 bits per heavy atom. The first-order valence-electron chi connectivity index (χ1n) is 10.7. The number of ether oxygens (including phenoxy) is 1. The minimum Gasteiger partial charge on any atom is -0.465 e. The summed E-state index contributed by atoms with van der Waals surface area (Å²) in [4.78, 5) is 38.2. The van der Waals surface area contributed by atoms with Crippen LogP contribution in [-0.2, 0) is 14.3 Å². The molecule has 0 fully saturated rings. The van der Waals surface area contributed by atoms with Crippen LogP contribution in [0, 0.1) is 0 Å². The van der Waals surface area contributed by atoms with Gasteiger partial charge in [0.25, 0.3) is 5.91 Å². The van der Waals surface area contributed by atoms with Crippen molar-refractivity contribution < 1.29 is 19.1 Å². The van der Waals surface area contributed by atoms with Gasteiger partial charge in [0, 0.05) is 41.6 Å².